The van der Waals surface area contributed by atoms with Crippen molar-refractivity contribution in [2.75, 3.05) is 0 Å². The van der Waals surface area contributed by atoms with E-state index in [4.69, 9.17) is 0 Å². The van der Waals surface area contributed by atoms with Gasteiger partial charge in [0.1, 0.15) is 6.04 Å². The minimum absolute atomic E-state index is 0.176. The molecular formula is C17H25NO3. The van der Waals surface area contributed by atoms with Crippen LogP contribution in [0.4, 0.5) is 0 Å². The van der Waals surface area contributed by atoms with E-state index in [0.717, 1.165) is 5.56 Å². The van der Waals surface area contributed by atoms with Crippen LogP contribution in [-0.4, -0.2) is 23.0 Å². The second-order valence-electron chi connectivity index (χ2n) is 6.79. The van der Waals surface area contributed by atoms with Crippen LogP contribution in [0.2, 0.25) is 0 Å². The number of amides is 1. The van der Waals surface area contributed by atoms with Gasteiger partial charge in [0.2, 0.25) is 0 Å². The van der Waals surface area contributed by atoms with Crippen molar-refractivity contribution in [3.63, 3.8) is 0 Å². The van der Waals surface area contributed by atoms with E-state index in [0.29, 0.717) is 12.0 Å². The summed E-state index contributed by atoms with van der Waals surface area (Å²) in [5.41, 5.74) is 1.28. The fraction of sp³-hybridized carbons (Fsp3) is 0.529. The Morgan fingerprint density at radius 1 is 1.19 bits per heavy atom. The summed E-state index contributed by atoms with van der Waals surface area (Å²) in [6.07, 6.45) is 0.415. The van der Waals surface area contributed by atoms with E-state index in [1.165, 1.54) is 0 Å². The van der Waals surface area contributed by atoms with Crippen LogP contribution < -0.4 is 5.32 Å². The van der Waals surface area contributed by atoms with E-state index in [2.05, 4.69) is 5.32 Å². The van der Waals surface area contributed by atoms with Crippen LogP contribution in [0.25, 0.3) is 0 Å². The number of carbonyl (C=O) groups excluding carboxylic acids is 1. The Bertz CT molecular complexity index is 515. The van der Waals surface area contributed by atoms with Crippen LogP contribution in [0.3, 0.4) is 0 Å². The van der Waals surface area contributed by atoms with Gasteiger partial charge in [-0.2, -0.15) is 0 Å². The molecule has 4 nitrogen and oxygen atoms in total. The van der Waals surface area contributed by atoms with Gasteiger partial charge in [-0.15, -0.1) is 0 Å². The molecule has 0 saturated carbocycles. The molecule has 1 amide bonds. The number of hydrogen-bond acceptors (Lipinski definition) is 2. The third-order valence-corrected chi connectivity index (χ3v) is 3.29. The van der Waals surface area contributed by atoms with Gasteiger partial charge < -0.3 is 10.4 Å². The molecule has 116 valence electrons. The maximum Gasteiger partial charge on any atom is 0.326 e. The van der Waals surface area contributed by atoms with E-state index in [1.54, 1.807) is 12.1 Å². The van der Waals surface area contributed by atoms with Gasteiger partial charge in [-0.05, 0) is 29.4 Å². The molecule has 1 atom stereocenters. The molecule has 1 rings (SSSR count). The zero-order chi connectivity index (χ0) is 16.2. The zero-order valence-corrected chi connectivity index (χ0v) is 13.4. The van der Waals surface area contributed by atoms with Crippen molar-refractivity contribution in [3.05, 3.63) is 35.4 Å². The second-order valence-corrected chi connectivity index (χ2v) is 6.79. The highest BCUT2D eigenvalue weighted by atomic mass is 16.4. The number of carboxylic acid groups (broad SMARTS) is 1. The Labute approximate surface area is 126 Å². The molecule has 0 saturated heterocycles. The van der Waals surface area contributed by atoms with Gasteiger partial charge in [0.25, 0.3) is 5.91 Å². The molecule has 0 aromatic heterocycles. The van der Waals surface area contributed by atoms with Crippen LogP contribution in [0, 0.1) is 5.92 Å². The lowest BCUT2D eigenvalue weighted by Gasteiger charge is -2.23. The normalized spacial score (nSPS) is 13.0. The molecule has 0 bridgehead atoms. The first kappa shape index (κ1) is 17.2. The third kappa shape index (κ3) is 4.88. The monoisotopic (exact) mass is 291 g/mol. The first-order valence-electron chi connectivity index (χ1n) is 7.26. The molecule has 0 spiro atoms. The summed E-state index contributed by atoms with van der Waals surface area (Å²) in [6, 6.07) is 6.48. The molecule has 0 unspecified atom stereocenters. The fourth-order valence-electron chi connectivity index (χ4n) is 2.26. The predicted octanol–water partition coefficient (Wildman–Crippen LogP) is 3.21. The van der Waals surface area contributed by atoms with Crippen molar-refractivity contribution < 1.29 is 14.7 Å². The average Bonchev–Trinajstić information content (AvgIpc) is 2.36. The maximum atomic E-state index is 12.4. The SMILES string of the molecule is CC(C)C[C@@H](NC(=O)c1ccccc1C(C)(C)C)C(=O)O. The van der Waals surface area contributed by atoms with Crippen LogP contribution >= 0.6 is 0 Å². The molecule has 21 heavy (non-hydrogen) atoms. The summed E-state index contributed by atoms with van der Waals surface area (Å²) in [4.78, 5) is 23.7. The summed E-state index contributed by atoms with van der Waals surface area (Å²) in [6.45, 7) is 9.96. The summed E-state index contributed by atoms with van der Waals surface area (Å²) in [5, 5.41) is 11.9. The molecule has 1 aromatic carbocycles. The number of carbonyl (C=O) groups is 2. The molecule has 1 aromatic rings. The van der Waals surface area contributed by atoms with Crippen molar-refractivity contribution >= 4 is 11.9 Å². The van der Waals surface area contributed by atoms with Gasteiger partial charge >= 0.3 is 5.97 Å². The lowest BCUT2D eigenvalue weighted by atomic mass is 9.83. The first-order chi connectivity index (χ1) is 9.62. The van der Waals surface area contributed by atoms with E-state index >= 15 is 0 Å². The molecule has 0 fully saturated rings. The quantitative estimate of drug-likeness (QED) is 0.875. The van der Waals surface area contributed by atoms with Crippen molar-refractivity contribution in [1.82, 2.24) is 5.32 Å². The average molecular weight is 291 g/mol. The summed E-state index contributed by atoms with van der Waals surface area (Å²) >= 11 is 0. The maximum absolute atomic E-state index is 12.4. The van der Waals surface area contributed by atoms with Crippen molar-refractivity contribution in [1.29, 1.82) is 0 Å². The van der Waals surface area contributed by atoms with Crippen molar-refractivity contribution in [2.24, 2.45) is 5.92 Å². The highest BCUT2D eigenvalue weighted by Gasteiger charge is 2.25. The van der Waals surface area contributed by atoms with E-state index in [-0.39, 0.29) is 17.2 Å². The summed E-state index contributed by atoms with van der Waals surface area (Å²) in [5.74, 6) is -1.12. The highest BCUT2D eigenvalue weighted by Crippen LogP contribution is 2.25. The summed E-state index contributed by atoms with van der Waals surface area (Å²) in [7, 11) is 0. The molecular weight excluding hydrogens is 266 g/mol. The standard InChI is InChI=1S/C17H25NO3/c1-11(2)10-14(16(20)21)18-15(19)12-8-6-7-9-13(12)17(3,4)5/h6-9,11,14H,10H2,1-5H3,(H,18,19)(H,20,21)/t14-/m1/s1. The Kier molecular flexibility index (Phi) is 5.53. The molecule has 4 heteroatoms. The fourth-order valence-corrected chi connectivity index (χ4v) is 2.26. The number of hydrogen-bond donors (Lipinski definition) is 2. The van der Waals surface area contributed by atoms with E-state index in [9.17, 15) is 14.7 Å². The van der Waals surface area contributed by atoms with Gasteiger partial charge in [0.15, 0.2) is 0 Å². The summed E-state index contributed by atoms with van der Waals surface area (Å²) < 4.78 is 0. The molecule has 0 aliphatic rings. The van der Waals surface area contributed by atoms with Gasteiger partial charge in [-0.25, -0.2) is 4.79 Å². The smallest absolute Gasteiger partial charge is 0.326 e. The Balaban J connectivity index is 3.01. The van der Waals surface area contributed by atoms with Gasteiger partial charge in [-0.1, -0.05) is 52.8 Å². The molecule has 0 heterocycles. The van der Waals surface area contributed by atoms with Crippen molar-refractivity contribution in [3.8, 4) is 0 Å². The number of rotatable bonds is 5. The van der Waals surface area contributed by atoms with Crippen LogP contribution in [0.1, 0.15) is 57.0 Å². The number of aliphatic carboxylic acids is 1. The lowest BCUT2D eigenvalue weighted by molar-refractivity contribution is -0.139. The minimum atomic E-state index is -0.995. The predicted molar refractivity (Wildman–Crippen MR) is 83.5 cm³/mol. The van der Waals surface area contributed by atoms with E-state index in [1.807, 2.05) is 46.8 Å². The third-order valence-electron chi connectivity index (χ3n) is 3.29. The molecule has 0 aliphatic carbocycles. The molecule has 2 N–H and O–H groups in total. The topological polar surface area (TPSA) is 66.4 Å². The second kappa shape index (κ2) is 6.74. The van der Waals surface area contributed by atoms with E-state index < -0.39 is 12.0 Å². The van der Waals surface area contributed by atoms with Crippen LogP contribution in [0.15, 0.2) is 24.3 Å². The highest BCUT2D eigenvalue weighted by molar-refractivity contribution is 5.98. The number of carboxylic acids is 1. The van der Waals surface area contributed by atoms with Crippen LogP contribution in [-0.2, 0) is 10.2 Å². The Hall–Kier alpha value is -1.84. The molecule has 0 aliphatic heterocycles. The number of nitrogens with one attached hydrogen (secondary N) is 1. The minimum Gasteiger partial charge on any atom is -0.480 e. The lowest BCUT2D eigenvalue weighted by Crippen LogP contribution is -2.42. The Morgan fingerprint density at radius 3 is 2.24 bits per heavy atom. The first-order valence-corrected chi connectivity index (χ1v) is 7.26. The van der Waals surface area contributed by atoms with Crippen LogP contribution in [0.5, 0.6) is 0 Å². The zero-order valence-electron chi connectivity index (χ0n) is 13.4. The van der Waals surface area contributed by atoms with Crippen molar-refractivity contribution in [2.45, 2.75) is 52.5 Å². The largest absolute Gasteiger partial charge is 0.480 e. The Morgan fingerprint density at radius 2 is 1.76 bits per heavy atom. The van der Waals surface area contributed by atoms with Gasteiger partial charge in [0, 0.05) is 5.56 Å². The molecule has 0 radical (unpaired) electrons. The number of benzene rings is 1. The van der Waals surface area contributed by atoms with Gasteiger partial charge in [-0.3, -0.25) is 4.79 Å². The van der Waals surface area contributed by atoms with Gasteiger partial charge in [0.05, 0.1) is 0 Å².